The standard InChI is InChI=1S/C16H23FN2O3/c1-2-11(21-14-6-4-3-5-13(14)17)10-19-16(20)15-8-7-12(9-18)22-15/h3-6,11-12,15H,2,7-10,18H2,1H3,(H,19,20)/t11?,12-,15+/m1/s1. The third kappa shape index (κ3) is 4.42. The van der Waals surface area contributed by atoms with E-state index in [9.17, 15) is 9.18 Å². The van der Waals surface area contributed by atoms with E-state index < -0.39 is 11.9 Å². The van der Waals surface area contributed by atoms with Crippen LogP contribution >= 0.6 is 0 Å². The maximum absolute atomic E-state index is 13.6. The van der Waals surface area contributed by atoms with Crippen molar-refractivity contribution >= 4 is 5.91 Å². The van der Waals surface area contributed by atoms with Crippen molar-refractivity contribution in [3.8, 4) is 5.75 Å². The summed E-state index contributed by atoms with van der Waals surface area (Å²) < 4.78 is 24.7. The second kappa shape index (κ2) is 8.10. The van der Waals surface area contributed by atoms with E-state index in [1.807, 2.05) is 6.92 Å². The van der Waals surface area contributed by atoms with Gasteiger partial charge in [-0.3, -0.25) is 4.79 Å². The lowest BCUT2D eigenvalue weighted by atomic mass is 10.2. The van der Waals surface area contributed by atoms with Gasteiger partial charge < -0.3 is 20.5 Å². The van der Waals surface area contributed by atoms with Crippen LogP contribution < -0.4 is 15.8 Å². The Bertz CT molecular complexity index is 498. The number of halogens is 1. The molecule has 22 heavy (non-hydrogen) atoms. The molecule has 1 aliphatic rings. The van der Waals surface area contributed by atoms with Crippen molar-refractivity contribution in [2.45, 2.75) is 44.5 Å². The third-order valence-electron chi connectivity index (χ3n) is 3.75. The predicted molar refractivity (Wildman–Crippen MR) is 81.1 cm³/mol. The van der Waals surface area contributed by atoms with Crippen LogP contribution in [0.2, 0.25) is 0 Å². The molecule has 5 nitrogen and oxygen atoms in total. The van der Waals surface area contributed by atoms with Crippen molar-refractivity contribution in [1.82, 2.24) is 5.32 Å². The lowest BCUT2D eigenvalue weighted by Gasteiger charge is -2.20. The van der Waals surface area contributed by atoms with Gasteiger partial charge in [0.1, 0.15) is 12.2 Å². The van der Waals surface area contributed by atoms with Gasteiger partial charge in [-0.25, -0.2) is 4.39 Å². The summed E-state index contributed by atoms with van der Waals surface area (Å²) in [6.07, 6.45) is 1.38. The summed E-state index contributed by atoms with van der Waals surface area (Å²) in [6.45, 7) is 2.67. The van der Waals surface area contributed by atoms with Crippen molar-refractivity contribution in [2.75, 3.05) is 13.1 Å². The van der Waals surface area contributed by atoms with E-state index in [-0.39, 0.29) is 23.9 Å². The van der Waals surface area contributed by atoms with Crippen LogP contribution in [0.1, 0.15) is 26.2 Å². The first-order valence-corrected chi connectivity index (χ1v) is 7.68. The summed E-state index contributed by atoms with van der Waals surface area (Å²) in [6, 6.07) is 6.24. The number of carbonyl (C=O) groups is 1. The van der Waals surface area contributed by atoms with Crippen LogP contribution in [0.25, 0.3) is 0 Å². The normalized spacial score (nSPS) is 22.3. The van der Waals surface area contributed by atoms with Crippen molar-refractivity contribution in [1.29, 1.82) is 0 Å². The summed E-state index contributed by atoms with van der Waals surface area (Å²) in [5, 5.41) is 2.81. The maximum atomic E-state index is 13.6. The number of nitrogens with one attached hydrogen (secondary N) is 1. The van der Waals surface area contributed by atoms with Crippen LogP contribution in [-0.4, -0.2) is 37.3 Å². The van der Waals surface area contributed by atoms with Crippen LogP contribution in [0.4, 0.5) is 4.39 Å². The van der Waals surface area contributed by atoms with Gasteiger partial charge in [-0.05, 0) is 31.4 Å². The zero-order valence-electron chi connectivity index (χ0n) is 12.8. The highest BCUT2D eigenvalue weighted by molar-refractivity contribution is 5.81. The van der Waals surface area contributed by atoms with Crippen molar-refractivity contribution < 1.29 is 18.7 Å². The molecule has 1 amide bonds. The fourth-order valence-electron chi connectivity index (χ4n) is 2.39. The smallest absolute Gasteiger partial charge is 0.249 e. The molecular weight excluding hydrogens is 287 g/mol. The third-order valence-corrected chi connectivity index (χ3v) is 3.75. The van der Waals surface area contributed by atoms with Gasteiger partial charge in [0.25, 0.3) is 0 Å². The first-order valence-electron chi connectivity index (χ1n) is 7.68. The van der Waals surface area contributed by atoms with Crippen LogP contribution in [0.3, 0.4) is 0 Å². The molecule has 1 unspecified atom stereocenters. The summed E-state index contributed by atoms with van der Waals surface area (Å²) in [5.74, 6) is -0.368. The zero-order valence-corrected chi connectivity index (χ0v) is 12.8. The number of amides is 1. The quantitative estimate of drug-likeness (QED) is 0.802. The molecule has 0 aromatic heterocycles. The molecule has 0 saturated carbocycles. The molecule has 6 heteroatoms. The molecule has 0 aliphatic carbocycles. The van der Waals surface area contributed by atoms with Gasteiger partial charge in [-0.1, -0.05) is 19.1 Å². The maximum Gasteiger partial charge on any atom is 0.249 e. The van der Waals surface area contributed by atoms with Gasteiger partial charge >= 0.3 is 0 Å². The van der Waals surface area contributed by atoms with Gasteiger partial charge in [-0.15, -0.1) is 0 Å². The first kappa shape index (κ1) is 16.7. The van der Waals surface area contributed by atoms with Crippen LogP contribution in [-0.2, 0) is 9.53 Å². The number of nitrogens with two attached hydrogens (primary N) is 1. The number of hydrogen-bond donors (Lipinski definition) is 2. The molecule has 0 radical (unpaired) electrons. The van der Waals surface area contributed by atoms with Gasteiger partial charge in [0.15, 0.2) is 11.6 Å². The van der Waals surface area contributed by atoms with E-state index in [1.54, 1.807) is 18.2 Å². The number of rotatable bonds is 7. The summed E-state index contributed by atoms with van der Waals surface area (Å²) in [4.78, 5) is 12.0. The Hall–Kier alpha value is -1.66. The molecule has 1 aliphatic heterocycles. The van der Waals surface area contributed by atoms with E-state index in [2.05, 4.69) is 5.32 Å². The Kier molecular flexibility index (Phi) is 6.15. The molecule has 1 aromatic rings. The number of hydrogen-bond acceptors (Lipinski definition) is 4. The van der Waals surface area contributed by atoms with Crippen LogP contribution in [0, 0.1) is 5.82 Å². The van der Waals surface area contributed by atoms with Gasteiger partial charge in [-0.2, -0.15) is 0 Å². The van der Waals surface area contributed by atoms with E-state index in [0.29, 0.717) is 25.9 Å². The summed E-state index contributed by atoms with van der Waals surface area (Å²) in [5.41, 5.74) is 5.53. The first-order chi connectivity index (χ1) is 10.6. The Labute approximate surface area is 130 Å². The highest BCUT2D eigenvalue weighted by Crippen LogP contribution is 2.20. The molecule has 3 atom stereocenters. The molecular formula is C16H23FN2O3. The van der Waals surface area contributed by atoms with E-state index in [0.717, 1.165) is 6.42 Å². The largest absolute Gasteiger partial charge is 0.486 e. The Balaban J connectivity index is 1.81. The molecule has 1 aromatic carbocycles. The molecule has 0 spiro atoms. The van der Waals surface area contributed by atoms with Gasteiger partial charge in [0, 0.05) is 6.54 Å². The van der Waals surface area contributed by atoms with Crippen LogP contribution in [0.5, 0.6) is 5.75 Å². The van der Waals surface area contributed by atoms with Gasteiger partial charge in [0.2, 0.25) is 5.91 Å². The predicted octanol–water partition coefficient (Wildman–Crippen LogP) is 1.61. The second-order valence-electron chi connectivity index (χ2n) is 5.38. The highest BCUT2D eigenvalue weighted by atomic mass is 19.1. The molecule has 1 heterocycles. The number of benzene rings is 1. The minimum Gasteiger partial charge on any atom is -0.486 e. The SMILES string of the molecule is CCC(CNC(=O)[C@@H]1CC[C@H](CN)O1)Oc1ccccc1F. The molecule has 0 bridgehead atoms. The monoisotopic (exact) mass is 310 g/mol. The minimum atomic E-state index is -0.445. The van der Waals surface area contributed by atoms with Crippen molar-refractivity contribution in [3.05, 3.63) is 30.1 Å². The Morgan fingerprint density at radius 3 is 2.91 bits per heavy atom. The fourth-order valence-corrected chi connectivity index (χ4v) is 2.39. The summed E-state index contributed by atoms with van der Waals surface area (Å²) >= 11 is 0. The molecule has 3 N–H and O–H groups in total. The minimum absolute atomic E-state index is 0.0348. The zero-order chi connectivity index (χ0) is 15.9. The highest BCUT2D eigenvalue weighted by Gasteiger charge is 2.30. The molecule has 1 fully saturated rings. The average molecular weight is 310 g/mol. The van der Waals surface area contributed by atoms with E-state index >= 15 is 0 Å². The van der Waals surface area contributed by atoms with Gasteiger partial charge in [0.05, 0.1) is 12.6 Å². The second-order valence-corrected chi connectivity index (χ2v) is 5.38. The summed E-state index contributed by atoms with van der Waals surface area (Å²) in [7, 11) is 0. The molecule has 122 valence electrons. The average Bonchev–Trinajstić information content (AvgIpc) is 3.02. The lowest BCUT2D eigenvalue weighted by molar-refractivity contribution is -0.132. The number of ether oxygens (including phenoxy) is 2. The topological polar surface area (TPSA) is 73.6 Å². The number of para-hydroxylation sites is 1. The Morgan fingerprint density at radius 2 is 2.27 bits per heavy atom. The fraction of sp³-hybridized carbons (Fsp3) is 0.562. The van der Waals surface area contributed by atoms with Crippen molar-refractivity contribution in [3.63, 3.8) is 0 Å². The molecule has 1 saturated heterocycles. The Morgan fingerprint density at radius 1 is 1.50 bits per heavy atom. The van der Waals surface area contributed by atoms with E-state index in [1.165, 1.54) is 6.07 Å². The van der Waals surface area contributed by atoms with Crippen LogP contribution in [0.15, 0.2) is 24.3 Å². The van der Waals surface area contributed by atoms with Crippen molar-refractivity contribution in [2.24, 2.45) is 5.73 Å². The molecule has 2 rings (SSSR count). The van der Waals surface area contributed by atoms with E-state index in [4.69, 9.17) is 15.2 Å². The lowest BCUT2D eigenvalue weighted by Crippen LogP contribution is -2.41. The number of carbonyl (C=O) groups excluding carboxylic acids is 1.